The van der Waals surface area contributed by atoms with Crippen LogP contribution < -0.4 is 10.6 Å². The van der Waals surface area contributed by atoms with Gasteiger partial charge in [0.05, 0.1) is 18.9 Å². The van der Waals surface area contributed by atoms with Crippen molar-refractivity contribution in [2.75, 3.05) is 31.7 Å². The number of anilines is 1. The number of benzene rings is 1. The Labute approximate surface area is 137 Å². The Hall–Kier alpha value is -1.30. The highest BCUT2D eigenvalue weighted by Gasteiger charge is 2.12. The van der Waals surface area contributed by atoms with E-state index in [4.69, 9.17) is 21.4 Å². The quantitative estimate of drug-likeness (QED) is 0.610. The van der Waals surface area contributed by atoms with Crippen molar-refractivity contribution < 1.29 is 14.6 Å². The number of rotatable bonds is 9. The summed E-state index contributed by atoms with van der Waals surface area (Å²) in [6.07, 6.45) is 2.29. The minimum absolute atomic E-state index is 0.0161. The zero-order chi connectivity index (χ0) is 16.4. The van der Waals surface area contributed by atoms with Gasteiger partial charge in [-0.25, -0.2) is 4.79 Å². The summed E-state index contributed by atoms with van der Waals surface area (Å²) < 4.78 is 5.13. The first kappa shape index (κ1) is 18.7. The number of nitrogens with one attached hydrogen (secondary N) is 2. The molecule has 0 saturated heterocycles. The first-order valence-electron chi connectivity index (χ1n) is 7.67. The lowest BCUT2D eigenvalue weighted by atomic mass is 10.0. The summed E-state index contributed by atoms with van der Waals surface area (Å²) in [5.74, 6) is 0. The molecule has 0 aliphatic heterocycles. The van der Waals surface area contributed by atoms with Gasteiger partial charge in [0.2, 0.25) is 0 Å². The minimum atomic E-state index is -0.242. The zero-order valence-electron chi connectivity index (χ0n) is 13.2. The molecule has 0 unspecified atom stereocenters. The number of hydrogen-bond acceptors (Lipinski definition) is 3. The van der Waals surface area contributed by atoms with Gasteiger partial charge in [-0.3, -0.25) is 0 Å². The summed E-state index contributed by atoms with van der Waals surface area (Å²) in [7, 11) is 0. The molecular formula is C16H25ClN2O3. The van der Waals surface area contributed by atoms with Crippen molar-refractivity contribution in [2.45, 2.75) is 33.1 Å². The van der Waals surface area contributed by atoms with E-state index in [0.29, 0.717) is 31.2 Å². The van der Waals surface area contributed by atoms with Crippen LogP contribution in [0.4, 0.5) is 10.5 Å². The number of amides is 2. The number of carbonyl (C=O) groups is 1. The molecule has 0 bridgehead atoms. The van der Waals surface area contributed by atoms with Crippen LogP contribution in [0.25, 0.3) is 0 Å². The predicted molar refractivity (Wildman–Crippen MR) is 89.8 cm³/mol. The van der Waals surface area contributed by atoms with Gasteiger partial charge in [0, 0.05) is 18.2 Å². The third kappa shape index (κ3) is 5.83. The molecule has 0 fully saturated rings. The third-order valence-corrected chi connectivity index (χ3v) is 3.66. The molecule has 0 heterocycles. The van der Waals surface area contributed by atoms with Crippen molar-refractivity contribution >= 4 is 23.3 Å². The summed E-state index contributed by atoms with van der Waals surface area (Å²) in [5, 5.41) is 15.0. The molecule has 0 aliphatic rings. The molecular weight excluding hydrogens is 304 g/mol. The summed E-state index contributed by atoms with van der Waals surface area (Å²) in [5.41, 5.74) is 2.84. The normalized spacial score (nSPS) is 10.5. The van der Waals surface area contributed by atoms with Gasteiger partial charge >= 0.3 is 6.03 Å². The second-order valence-corrected chi connectivity index (χ2v) is 5.24. The van der Waals surface area contributed by atoms with Crippen LogP contribution >= 0.6 is 11.6 Å². The van der Waals surface area contributed by atoms with E-state index in [0.717, 1.165) is 29.7 Å². The summed E-state index contributed by atoms with van der Waals surface area (Å²) in [4.78, 5) is 12.0. The van der Waals surface area contributed by atoms with Gasteiger partial charge in [-0.05, 0) is 36.5 Å². The lowest BCUT2D eigenvalue weighted by Crippen LogP contribution is -2.31. The molecule has 3 N–H and O–H groups in total. The fraction of sp³-hybridized carbons (Fsp3) is 0.562. The summed E-state index contributed by atoms with van der Waals surface area (Å²) in [6.45, 7) is 5.43. The molecule has 5 nitrogen and oxygen atoms in total. The summed E-state index contributed by atoms with van der Waals surface area (Å²) in [6, 6.07) is 3.58. The third-order valence-electron chi connectivity index (χ3n) is 3.30. The highest BCUT2D eigenvalue weighted by atomic mass is 35.5. The first-order chi connectivity index (χ1) is 10.6. The van der Waals surface area contributed by atoms with Gasteiger partial charge in [-0.1, -0.05) is 31.5 Å². The Morgan fingerprint density at radius 3 is 2.68 bits per heavy atom. The van der Waals surface area contributed by atoms with Crippen molar-refractivity contribution in [3.05, 3.63) is 28.3 Å². The average molecular weight is 329 g/mol. The van der Waals surface area contributed by atoms with E-state index in [1.54, 1.807) is 0 Å². The lowest BCUT2D eigenvalue weighted by Gasteiger charge is -2.16. The number of aliphatic hydroxyl groups is 1. The van der Waals surface area contributed by atoms with Gasteiger partial charge in [0.1, 0.15) is 0 Å². The molecule has 124 valence electrons. The standard InChI is InChI=1S/C16H25ClN2O3/c1-3-12-6-7-14(17)13(4-2)15(12)19-16(21)18-8-5-10-22-11-9-20/h6-7,20H,3-5,8-11H2,1-2H3,(H2,18,19,21). The van der Waals surface area contributed by atoms with E-state index in [1.807, 2.05) is 26.0 Å². The van der Waals surface area contributed by atoms with E-state index < -0.39 is 0 Å². The van der Waals surface area contributed by atoms with E-state index in [1.165, 1.54) is 0 Å². The first-order valence-corrected chi connectivity index (χ1v) is 8.05. The number of halogens is 1. The molecule has 0 aromatic heterocycles. The van der Waals surface area contributed by atoms with Crippen molar-refractivity contribution in [1.29, 1.82) is 0 Å². The van der Waals surface area contributed by atoms with E-state index in [2.05, 4.69) is 10.6 Å². The Kier molecular flexibility index (Phi) is 8.89. The molecule has 22 heavy (non-hydrogen) atoms. The fourth-order valence-electron chi connectivity index (χ4n) is 2.17. The Bertz CT molecular complexity index is 481. The smallest absolute Gasteiger partial charge is 0.319 e. The molecule has 0 spiro atoms. The minimum Gasteiger partial charge on any atom is -0.394 e. The van der Waals surface area contributed by atoms with Crippen molar-refractivity contribution in [1.82, 2.24) is 5.32 Å². The van der Waals surface area contributed by atoms with E-state index in [-0.39, 0.29) is 12.6 Å². The number of aryl methyl sites for hydroxylation is 1. The van der Waals surface area contributed by atoms with Gasteiger partial charge in [-0.15, -0.1) is 0 Å². The Morgan fingerprint density at radius 2 is 2.05 bits per heavy atom. The molecule has 0 radical (unpaired) electrons. The molecule has 2 amide bonds. The monoisotopic (exact) mass is 328 g/mol. The number of carbonyl (C=O) groups excluding carboxylic acids is 1. The Balaban J connectivity index is 2.55. The second-order valence-electron chi connectivity index (χ2n) is 4.84. The van der Waals surface area contributed by atoms with Gasteiger partial charge < -0.3 is 20.5 Å². The second kappa shape index (κ2) is 10.4. The van der Waals surface area contributed by atoms with Crippen LogP contribution in [0.15, 0.2) is 12.1 Å². The predicted octanol–water partition coefficient (Wildman–Crippen LogP) is 2.99. The highest BCUT2D eigenvalue weighted by molar-refractivity contribution is 6.31. The van der Waals surface area contributed by atoms with E-state index >= 15 is 0 Å². The number of aliphatic hydroxyl groups excluding tert-OH is 1. The maximum atomic E-state index is 12.0. The number of hydrogen-bond donors (Lipinski definition) is 3. The molecule has 0 saturated carbocycles. The van der Waals surface area contributed by atoms with Gasteiger partial charge in [0.25, 0.3) is 0 Å². The zero-order valence-corrected chi connectivity index (χ0v) is 14.0. The van der Waals surface area contributed by atoms with Crippen LogP contribution in [-0.4, -0.2) is 37.5 Å². The Morgan fingerprint density at radius 1 is 1.27 bits per heavy atom. The number of urea groups is 1. The van der Waals surface area contributed by atoms with Crippen LogP contribution in [-0.2, 0) is 17.6 Å². The molecule has 1 rings (SSSR count). The van der Waals surface area contributed by atoms with E-state index in [9.17, 15) is 4.79 Å². The number of ether oxygens (including phenoxy) is 1. The highest BCUT2D eigenvalue weighted by Crippen LogP contribution is 2.29. The van der Waals surface area contributed by atoms with Crippen LogP contribution in [0, 0.1) is 0 Å². The molecule has 1 aromatic rings. The molecule has 6 heteroatoms. The van der Waals surface area contributed by atoms with Crippen LogP contribution in [0.1, 0.15) is 31.4 Å². The largest absolute Gasteiger partial charge is 0.394 e. The SMILES string of the molecule is CCc1ccc(Cl)c(CC)c1NC(=O)NCCCOCCO. The lowest BCUT2D eigenvalue weighted by molar-refractivity contribution is 0.0910. The topological polar surface area (TPSA) is 70.6 Å². The fourth-order valence-corrected chi connectivity index (χ4v) is 2.46. The van der Waals surface area contributed by atoms with Crippen LogP contribution in [0.2, 0.25) is 5.02 Å². The summed E-state index contributed by atoms with van der Waals surface area (Å²) >= 11 is 6.21. The molecule has 0 atom stereocenters. The maximum absolute atomic E-state index is 12.0. The van der Waals surface area contributed by atoms with Crippen LogP contribution in [0.3, 0.4) is 0 Å². The maximum Gasteiger partial charge on any atom is 0.319 e. The van der Waals surface area contributed by atoms with Crippen molar-refractivity contribution in [3.8, 4) is 0 Å². The average Bonchev–Trinajstić information content (AvgIpc) is 2.51. The molecule has 1 aromatic carbocycles. The van der Waals surface area contributed by atoms with Crippen molar-refractivity contribution in [3.63, 3.8) is 0 Å². The molecule has 0 aliphatic carbocycles. The van der Waals surface area contributed by atoms with Crippen LogP contribution in [0.5, 0.6) is 0 Å². The van der Waals surface area contributed by atoms with Crippen molar-refractivity contribution in [2.24, 2.45) is 0 Å². The van der Waals surface area contributed by atoms with Gasteiger partial charge in [-0.2, -0.15) is 0 Å². The van der Waals surface area contributed by atoms with Gasteiger partial charge in [0.15, 0.2) is 0 Å².